The molecule has 0 spiro atoms. The van der Waals surface area contributed by atoms with E-state index in [9.17, 15) is 18.0 Å². The van der Waals surface area contributed by atoms with Crippen molar-refractivity contribution < 1.29 is 18.0 Å². The Bertz CT molecular complexity index is 1100. The lowest BCUT2D eigenvalue weighted by atomic mass is 10.1. The Labute approximate surface area is 195 Å². The quantitative estimate of drug-likeness (QED) is 0.460. The van der Waals surface area contributed by atoms with Gasteiger partial charge in [0.25, 0.3) is 10.0 Å². The molecule has 32 heavy (non-hydrogen) atoms. The molecule has 0 aliphatic carbocycles. The highest BCUT2D eigenvalue weighted by molar-refractivity contribution is 7.98. The number of amides is 2. The smallest absolute Gasteiger partial charge is 0.250 e. The molecule has 2 aromatic heterocycles. The molecule has 172 valence electrons. The van der Waals surface area contributed by atoms with Gasteiger partial charge in [0.1, 0.15) is 10.3 Å². The van der Waals surface area contributed by atoms with Gasteiger partial charge in [-0.1, -0.05) is 11.8 Å². The second-order valence-corrected chi connectivity index (χ2v) is 11.5. The molecule has 2 saturated heterocycles. The molecule has 1 atom stereocenters. The lowest BCUT2D eigenvalue weighted by Crippen LogP contribution is -2.54. The first kappa shape index (κ1) is 23.1. The molecular weight excluding hydrogens is 470 g/mol. The van der Waals surface area contributed by atoms with Crippen molar-refractivity contribution in [3.8, 4) is 10.6 Å². The van der Waals surface area contributed by atoms with E-state index >= 15 is 0 Å². The van der Waals surface area contributed by atoms with Gasteiger partial charge in [-0.3, -0.25) is 9.59 Å². The molecule has 0 bridgehead atoms. The van der Waals surface area contributed by atoms with Crippen LogP contribution >= 0.6 is 23.1 Å². The van der Waals surface area contributed by atoms with Crippen LogP contribution < -0.4 is 4.72 Å². The summed E-state index contributed by atoms with van der Waals surface area (Å²) in [5, 5.41) is 0.606. The van der Waals surface area contributed by atoms with E-state index in [0.717, 1.165) is 37.3 Å². The number of sulfonamides is 1. The molecule has 4 rings (SSSR count). The molecule has 1 N–H and O–H groups in total. The van der Waals surface area contributed by atoms with Gasteiger partial charge in [0.2, 0.25) is 11.8 Å². The summed E-state index contributed by atoms with van der Waals surface area (Å²) in [7, 11) is -3.89. The van der Waals surface area contributed by atoms with E-state index in [1.807, 2.05) is 6.26 Å². The van der Waals surface area contributed by atoms with Crippen molar-refractivity contribution in [3.05, 3.63) is 24.4 Å². The van der Waals surface area contributed by atoms with Crippen LogP contribution in [-0.4, -0.2) is 78.5 Å². The van der Waals surface area contributed by atoms with Gasteiger partial charge in [-0.25, -0.2) is 18.4 Å². The van der Waals surface area contributed by atoms with Crippen molar-refractivity contribution in [1.82, 2.24) is 24.5 Å². The zero-order valence-corrected chi connectivity index (χ0v) is 20.1. The molecule has 0 saturated carbocycles. The van der Waals surface area contributed by atoms with E-state index in [1.165, 1.54) is 22.7 Å². The molecule has 0 aromatic carbocycles. The largest absolute Gasteiger partial charge is 0.341 e. The number of thiophene rings is 1. The Kier molecular flexibility index (Phi) is 7.13. The second kappa shape index (κ2) is 9.86. The summed E-state index contributed by atoms with van der Waals surface area (Å²) < 4.78 is 28.6. The molecule has 4 heterocycles. The summed E-state index contributed by atoms with van der Waals surface area (Å²) in [6, 6.07) is 4.09. The van der Waals surface area contributed by atoms with Crippen LogP contribution in [0.15, 0.2) is 33.8 Å². The summed E-state index contributed by atoms with van der Waals surface area (Å²) >= 11 is 2.50. The standard InChI is InChI=1S/C20H25N5O4S3/c1-30-20-21-9-8-14(22-20)16-6-7-18(31-16)32(28,29)23-15-5-4-12-25(19(15)27)13-17(26)24-10-2-3-11-24/h6-9,15,23H,2-5,10-13H2,1H3/t15-/m0/s1. The average molecular weight is 496 g/mol. The fraction of sp³-hybridized carbons (Fsp3) is 0.500. The highest BCUT2D eigenvalue weighted by Gasteiger charge is 2.34. The summed E-state index contributed by atoms with van der Waals surface area (Å²) in [5.74, 6) is -0.415. The Morgan fingerprint density at radius 1 is 1.22 bits per heavy atom. The third-order valence-corrected chi connectivity index (χ3v) is 9.16. The van der Waals surface area contributed by atoms with Crippen molar-refractivity contribution in [1.29, 1.82) is 0 Å². The normalized spacial score (nSPS) is 19.5. The molecule has 2 aliphatic rings. The van der Waals surface area contributed by atoms with Crippen molar-refractivity contribution in [2.45, 2.75) is 41.1 Å². The minimum Gasteiger partial charge on any atom is -0.341 e. The second-order valence-electron chi connectivity index (χ2n) is 7.71. The van der Waals surface area contributed by atoms with Crippen molar-refractivity contribution in [3.63, 3.8) is 0 Å². The number of hydrogen-bond acceptors (Lipinski definition) is 8. The van der Waals surface area contributed by atoms with E-state index < -0.39 is 16.1 Å². The summed E-state index contributed by atoms with van der Waals surface area (Å²) in [5.41, 5.74) is 0.649. The van der Waals surface area contributed by atoms with Crippen LogP contribution in [0.3, 0.4) is 0 Å². The maximum Gasteiger partial charge on any atom is 0.250 e. The number of piperidine rings is 1. The Morgan fingerprint density at radius 3 is 2.75 bits per heavy atom. The van der Waals surface area contributed by atoms with Gasteiger partial charge < -0.3 is 9.80 Å². The van der Waals surface area contributed by atoms with Crippen LogP contribution in [-0.2, 0) is 19.6 Å². The van der Waals surface area contributed by atoms with E-state index in [1.54, 1.807) is 23.2 Å². The van der Waals surface area contributed by atoms with Gasteiger partial charge >= 0.3 is 0 Å². The molecule has 2 fully saturated rings. The van der Waals surface area contributed by atoms with Crippen LogP contribution in [0.1, 0.15) is 25.7 Å². The Hall–Kier alpha value is -2.02. The number of carbonyl (C=O) groups excluding carboxylic acids is 2. The van der Waals surface area contributed by atoms with Gasteiger partial charge in [0.05, 0.1) is 17.1 Å². The van der Waals surface area contributed by atoms with Crippen molar-refractivity contribution >= 4 is 44.9 Å². The number of likely N-dealkylation sites (tertiary alicyclic amines) is 2. The van der Waals surface area contributed by atoms with Gasteiger partial charge in [-0.2, -0.15) is 4.72 Å². The molecule has 12 heteroatoms. The number of nitrogens with zero attached hydrogens (tertiary/aromatic N) is 4. The van der Waals surface area contributed by atoms with Crippen LogP contribution in [0.2, 0.25) is 0 Å². The molecule has 9 nitrogen and oxygen atoms in total. The van der Waals surface area contributed by atoms with Gasteiger partial charge in [0, 0.05) is 25.8 Å². The Morgan fingerprint density at radius 2 is 2.00 bits per heavy atom. The summed E-state index contributed by atoms with van der Waals surface area (Å²) in [4.78, 5) is 37.8. The molecular formula is C20H25N5O4S3. The predicted octanol–water partition coefficient (Wildman–Crippen LogP) is 1.82. The van der Waals surface area contributed by atoms with Crippen LogP contribution in [0.5, 0.6) is 0 Å². The highest BCUT2D eigenvalue weighted by Crippen LogP contribution is 2.30. The lowest BCUT2D eigenvalue weighted by molar-refractivity contribution is -0.142. The number of nitrogens with one attached hydrogen (secondary N) is 1. The van der Waals surface area contributed by atoms with Gasteiger partial charge in [-0.05, 0) is 50.1 Å². The summed E-state index contributed by atoms with van der Waals surface area (Å²) in [6.07, 6.45) is 6.53. The number of hydrogen-bond donors (Lipinski definition) is 1. The van der Waals surface area contributed by atoms with Crippen molar-refractivity contribution in [2.75, 3.05) is 32.4 Å². The van der Waals surface area contributed by atoms with Crippen LogP contribution in [0.4, 0.5) is 0 Å². The van der Waals surface area contributed by atoms with E-state index in [0.29, 0.717) is 35.1 Å². The van der Waals surface area contributed by atoms with Crippen LogP contribution in [0.25, 0.3) is 10.6 Å². The minimum absolute atomic E-state index is 0.00565. The first-order chi connectivity index (χ1) is 15.4. The Balaban J connectivity index is 1.44. The average Bonchev–Trinajstić information content (AvgIpc) is 3.49. The molecule has 2 aromatic rings. The molecule has 0 radical (unpaired) electrons. The minimum atomic E-state index is -3.89. The van der Waals surface area contributed by atoms with Gasteiger partial charge in [0.15, 0.2) is 5.16 Å². The highest BCUT2D eigenvalue weighted by atomic mass is 32.2. The fourth-order valence-corrected chi connectivity index (χ4v) is 6.73. The van der Waals surface area contributed by atoms with E-state index in [-0.39, 0.29) is 22.6 Å². The fourth-order valence-electron chi connectivity index (χ4n) is 3.86. The van der Waals surface area contributed by atoms with Crippen molar-refractivity contribution in [2.24, 2.45) is 0 Å². The molecule has 2 amide bonds. The van der Waals surface area contributed by atoms with E-state index in [4.69, 9.17) is 0 Å². The number of rotatable bonds is 7. The first-order valence-corrected chi connectivity index (χ1v) is 14.0. The van der Waals surface area contributed by atoms with E-state index in [2.05, 4.69) is 14.7 Å². The number of carbonyl (C=O) groups is 2. The number of aromatic nitrogens is 2. The maximum atomic E-state index is 13.0. The topological polar surface area (TPSA) is 113 Å². The lowest BCUT2D eigenvalue weighted by Gasteiger charge is -2.33. The zero-order chi connectivity index (χ0) is 22.7. The molecule has 0 unspecified atom stereocenters. The van der Waals surface area contributed by atoms with Gasteiger partial charge in [-0.15, -0.1) is 11.3 Å². The summed E-state index contributed by atoms with van der Waals surface area (Å²) in [6.45, 7) is 1.92. The third-order valence-electron chi connectivity index (χ3n) is 5.53. The zero-order valence-electron chi connectivity index (χ0n) is 17.7. The maximum absolute atomic E-state index is 13.0. The van der Waals surface area contributed by atoms with Crippen LogP contribution in [0, 0.1) is 0 Å². The SMILES string of the molecule is CSc1nccc(-c2ccc(S(=O)(=O)N[C@H]3CCCN(CC(=O)N4CCCC4)C3=O)s2)n1. The first-order valence-electron chi connectivity index (χ1n) is 10.4. The molecule has 2 aliphatic heterocycles. The monoisotopic (exact) mass is 495 g/mol. The third kappa shape index (κ3) is 5.13. The number of thioether (sulfide) groups is 1. The predicted molar refractivity (Wildman–Crippen MR) is 123 cm³/mol.